The first-order chi connectivity index (χ1) is 23.4. The van der Waals surface area contributed by atoms with Gasteiger partial charge in [-0.05, 0) is 96.2 Å². The molecule has 2 aromatic carbocycles. The summed E-state index contributed by atoms with van der Waals surface area (Å²) in [6.07, 6.45) is -0.720. The summed E-state index contributed by atoms with van der Waals surface area (Å²) in [7, 11) is 2.18. The van der Waals surface area contributed by atoms with E-state index in [-0.39, 0.29) is 40.5 Å². The van der Waals surface area contributed by atoms with Crippen LogP contribution >= 0.6 is 15.9 Å². The van der Waals surface area contributed by atoms with Crippen LogP contribution in [-0.4, -0.2) is 97.7 Å². The van der Waals surface area contributed by atoms with Crippen LogP contribution in [0.4, 0.5) is 24.5 Å². The molecule has 5 aliphatic rings. The first-order valence-electron chi connectivity index (χ1n) is 17.5. The van der Waals surface area contributed by atoms with Gasteiger partial charge in [0.05, 0.1) is 11.3 Å². The molecule has 2 amide bonds. The van der Waals surface area contributed by atoms with Crippen LogP contribution in [0.3, 0.4) is 0 Å². The van der Waals surface area contributed by atoms with Gasteiger partial charge in [-0.2, -0.15) is 13.2 Å². The molecule has 0 radical (unpaired) electrons. The van der Waals surface area contributed by atoms with Crippen LogP contribution in [0, 0.1) is 11.8 Å². The maximum absolute atomic E-state index is 14.1. The molecule has 1 aliphatic carbocycles. The lowest BCUT2D eigenvalue weighted by atomic mass is 9.68. The monoisotopic (exact) mass is 746 g/mol. The molecule has 4 N–H and O–H groups in total. The van der Waals surface area contributed by atoms with E-state index in [1.54, 1.807) is 6.07 Å². The number of alkyl halides is 3. The SMILES string of the molecule is CN1CC2CC2C(NC2CCN(C(=O)[C@@H](Cc3cc(Br)c(N)c(C(F)(F)F)c3)OCN3CCC4(CC3)CC(=O)Nc3ccccc34)CC2)C1. The molecule has 7 rings (SSSR count). The van der Waals surface area contributed by atoms with E-state index in [0.717, 1.165) is 61.4 Å². The average Bonchev–Trinajstić information content (AvgIpc) is 3.85. The molecule has 3 saturated heterocycles. The van der Waals surface area contributed by atoms with Crippen molar-refractivity contribution in [1.82, 2.24) is 20.0 Å². The molecule has 4 fully saturated rings. The Morgan fingerprint density at radius 3 is 2.61 bits per heavy atom. The van der Waals surface area contributed by atoms with Crippen LogP contribution in [0.15, 0.2) is 40.9 Å². The highest BCUT2D eigenvalue weighted by molar-refractivity contribution is 9.10. The van der Waals surface area contributed by atoms with Crippen molar-refractivity contribution in [3.05, 3.63) is 57.6 Å². The van der Waals surface area contributed by atoms with Gasteiger partial charge in [0.1, 0.15) is 12.8 Å². The molecule has 49 heavy (non-hydrogen) atoms. The molecular weight excluding hydrogens is 701 g/mol. The Labute approximate surface area is 294 Å². The lowest BCUT2D eigenvalue weighted by molar-refractivity contribution is -0.149. The number of carbonyl (C=O) groups is 2. The Kier molecular flexibility index (Phi) is 9.77. The zero-order valence-corrected chi connectivity index (χ0v) is 29.5. The maximum atomic E-state index is 14.1. The van der Waals surface area contributed by atoms with Gasteiger partial charge in [0.25, 0.3) is 5.91 Å². The number of benzene rings is 2. The summed E-state index contributed by atoms with van der Waals surface area (Å²) < 4.78 is 48.1. The molecule has 0 bridgehead atoms. The summed E-state index contributed by atoms with van der Waals surface area (Å²) in [6.45, 7) is 4.87. The topological polar surface area (TPSA) is 103 Å². The normalized spacial score (nSPS) is 26.6. The number of carbonyl (C=O) groups excluding carboxylic acids is 2. The number of fused-ring (bicyclic) bond motifs is 3. The number of hydrogen-bond acceptors (Lipinski definition) is 7. The Morgan fingerprint density at radius 1 is 1.14 bits per heavy atom. The summed E-state index contributed by atoms with van der Waals surface area (Å²) in [5, 5.41) is 6.87. The Bertz CT molecular complexity index is 1560. The number of likely N-dealkylation sites (N-methyl/N-ethyl adjacent to an activating group) is 1. The van der Waals surface area contributed by atoms with E-state index >= 15 is 0 Å². The first kappa shape index (κ1) is 34.7. The molecule has 3 unspecified atom stereocenters. The van der Waals surface area contributed by atoms with Gasteiger partial charge in [-0.25, -0.2) is 0 Å². The van der Waals surface area contributed by atoms with Gasteiger partial charge >= 0.3 is 6.18 Å². The third kappa shape index (κ3) is 7.51. The molecule has 9 nitrogen and oxygen atoms in total. The van der Waals surface area contributed by atoms with E-state index in [0.29, 0.717) is 50.2 Å². The van der Waals surface area contributed by atoms with Crippen molar-refractivity contribution < 1.29 is 27.5 Å². The van der Waals surface area contributed by atoms with Gasteiger partial charge in [-0.1, -0.05) is 18.2 Å². The number of halogens is 4. The van der Waals surface area contributed by atoms with Crippen molar-refractivity contribution in [2.75, 3.05) is 64.1 Å². The minimum atomic E-state index is -4.64. The number of nitrogens with two attached hydrogens (primary N) is 1. The number of piperidine rings is 3. The van der Waals surface area contributed by atoms with Crippen LogP contribution in [-0.2, 0) is 32.3 Å². The molecule has 1 saturated carbocycles. The van der Waals surface area contributed by atoms with Gasteiger partial charge in [0, 0.05) is 79.8 Å². The van der Waals surface area contributed by atoms with Crippen LogP contribution in [0.25, 0.3) is 0 Å². The molecule has 4 heterocycles. The molecule has 1 spiro atoms. The summed E-state index contributed by atoms with van der Waals surface area (Å²) >= 11 is 3.20. The minimum Gasteiger partial charge on any atom is -0.397 e. The van der Waals surface area contributed by atoms with E-state index in [1.165, 1.54) is 13.0 Å². The maximum Gasteiger partial charge on any atom is 0.418 e. The second kappa shape index (κ2) is 13.8. The third-order valence-electron chi connectivity index (χ3n) is 11.5. The van der Waals surface area contributed by atoms with Crippen molar-refractivity contribution in [2.45, 2.75) is 74.7 Å². The fraction of sp³-hybridized carbons (Fsp3) is 0.611. The van der Waals surface area contributed by atoms with Gasteiger partial charge in [0.2, 0.25) is 5.91 Å². The van der Waals surface area contributed by atoms with E-state index in [2.05, 4.69) is 49.5 Å². The molecule has 4 atom stereocenters. The molecule has 4 aliphatic heterocycles. The number of likely N-dealkylation sites (tertiary alicyclic amines) is 3. The quantitative estimate of drug-likeness (QED) is 0.333. The Hall–Kier alpha value is -2.71. The van der Waals surface area contributed by atoms with Crippen molar-refractivity contribution in [2.24, 2.45) is 11.8 Å². The van der Waals surface area contributed by atoms with Gasteiger partial charge in [0.15, 0.2) is 0 Å². The minimum absolute atomic E-state index is 0.0121. The molecule has 2 aromatic rings. The third-order valence-corrected chi connectivity index (χ3v) is 12.2. The predicted octanol–water partition coefficient (Wildman–Crippen LogP) is 4.84. The van der Waals surface area contributed by atoms with Crippen molar-refractivity contribution >= 4 is 39.1 Å². The van der Waals surface area contributed by atoms with E-state index in [1.807, 2.05) is 23.1 Å². The van der Waals surface area contributed by atoms with Crippen LogP contribution in [0.1, 0.15) is 55.2 Å². The highest BCUT2D eigenvalue weighted by Gasteiger charge is 2.48. The number of rotatable bonds is 8. The van der Waals surface area contributed by atoms with E-state index in [9.17, 15) is 22.8 Å². The highest BCUT2D eigenvalue weighted by Crippen LogP contribution is 2.46. The average molecular weight is 748 g/mol. The van der Waals surface area contributed by atoms with Gasteiger partial charge in [-0.15, -0.1) is 0 Å². The molecule has 13 heteroatoms. The van der Waals surface area contributed by atoms with Crippen LogP contribution in [0.2, 0.25) is 0 Å². The largest absolute Gasteiger partial charge is 0.418 e. The van der Waals surface area contributed by atoms with Crippen LogP contribution < -0.4 is 16.4 Å². The summed E-state index contributed by atoms with van der Waals surface area (Å²) in [4.78, 5) is 33.0. The lowest BCUT2D eigenvalue weighted by Gasteiger charge is -2.45. The van der Waals surface area contributed by atoms with Crippen LogP contribution in [0.5, 0.6) is 0 Å². The summed E-state index contributed by atoms with van der Waals surface area (Å²) in [5.74, 6) is 1.37. The van der Waals surface area contributed by atoms with E-state index in [4.69, 9.17) is 10.5 Å². The highest BCUT2D eigenvalue weighted by atomic mass is 79.9. The second-order valence-corrected chi connectivity index (χ2v) is 15.8. The zero-order valence-electron chi connectivity index (χ0n) is 27.9. The number of ether oxygens (including phenoxy) is 1. The standard InChI is InChI=1S/C36H46BrF3N6O3/c1-44-19-23-17-25(23)30(20-44)42-24-6-10-46(11-7-24)34(48)31(16-22-14-27(36(38,39)40)33(41)28(37)15-22)49-21-45-12-8-35(9-13-45)18-32(47)43-29-5-3-2-4-26(29)35/h2-5,14-15,23-25,30-31,42H,6-13,16-21,41H2,1H3,(H,43,47)/t23?,25?,30?,31-/m1/s1. The van der Waals surface area contributed by atoms with Crippen molar-refractivity contribution in [1.29, 1.82) is 0 Å². The number of nitrogens with one attached hydrogen (secondary N) is 2. The zero-order chi connectivity index (χ0) is 34.5. The predicted molar refractivity (Wildman–Crippen MR) is 185 cm³/mol. The van der Waals surface area contributed by atoms with Crippen molar-refractivity contribution in [3.63, 3.8) is 0 Å². The molecule has 266 valence electrons. The first-order valence-corrected chi connectivity index (χ1v) is 18.3. The Balaban J connectivity index is 1.02. The summed E-state index contributed by atoms with van der Waals surface area (Å²) in [5.41, 5.74) is 6.57. The second-order valence-electron chi connectivity index (χ2n) is 14.9. The number of nitrogens with zero attached hydrogens (tertiary/aromatic N) is 3. The smallest absolute Gasteiger partial charge is 0.397 e. The number of hydrogen-bond donors (Lipinski definition) is 3. The fourth-order valence-corrected chi connectivity index (χ4v) is 9.24. The number of anilines is 2. The number of nitrogen functional groups attached to an aromatic ring is 1. The van der Waals surface area contributed by atoms with E-state index < -0.39 is 17.8 Å². The Morgan fingerprint density at radius 2 is 1.88 bits per heavy atom. The fourth-order valence-electron chi connectivity index (χ4n) is 8.73. The van der Waals surface area contributed by atoms with Crippen molar-refractivity contribution in [3.8, 4) is 0 Å². The molecule has 0 aromatic heterocycles. The van der Waals surface area contributed by atoms with Gasteiger partial charge in [-0.3, -0.25) is 14.5 Å². The number of amides is 2. The molecular formula is C36H46BrF3N6O3. The number of para-hydroxylation sites is 1. The van der Waals surface area contributed by atoms with Gasteiger partial charge < -0.3 is 30.9 Å². The lowest BCUT2D eigenvalue weighted by Crippen LogP contribution is -2.54. The summed E-state index contributed by atoms with van der Waals surface area (Å²) in [6, 6.07) is 11.3.